The first-order chi connectivity index (χ1) is 10.4. The molecule has 0 aromatic carbocycles. The van der Waals surface area contributed by atoms with Crippen LogP contribution in [0.3, 0.4) is 0 Å². The number of unbranched alkanes of at least 4 members (excludes halogenated alkanes) is 5. The average molecular weight is 312 g/mol. The zero-order valence-electron chi connectivity index (χ0n) is 16.0. The SMILES string of the molecule is CC(C)OC1CCN(CCCCCCCCC(C)(C)C)CC1. The van der Waals surface area contributed by atoms with Crippen LogP contribution in [0.15, 0.2) is 0 Å². The van der Waals surface area contributed by atoms with Gasteiger partial charge in [0.15, 0.2) is 0 Å². The molecule has 1 rings (SSSR count). The Morgan fingerprint density at radius 1 is 0.909 bits per heavy atom. The lowest BCUT2D eigenvalue weighted by molar-refractivity contribution is -0.0268. The number of nitrogens with zero attached hydrogens (tertiary/aromatic N) is 1. The van der Waals surface area contributed by atoms with Gasteiger partial charge in [-0.1, -0.05) is 52.9 Å². The Kier molecular flexibility index (Phi) is 9.66. The Bertz CT molecular complexity index is 261. The van der Waals surface area contributed by atoms with E-state index in [1.54, 1.807) is 0 Å². The summed E-state index contributed by atoms with van der Waals surface area (Å²) in [7, 11) is 0. The van der Waals surface area contributed by atoms with Gasteiger partial charge in [-0.2, -0.15) is 0 Å². The van der Waals surface area contributed by atoms with Gasteiger partial charge in [0, 0.05) is 13.1 Å². The summed E-state index contributed by atoms with van der Waals surface area (Å²) in [5, 5.41) is 0. The van der Waals surface area contributed by atoms with Gasteiger partial charge in [0.2, 0.25) is 0 Å². The second kappa shape index (κ2) is 10.6. The smallest absolute Gasteiger partial charge is 0.0603 e. The molecule has 132 valence electrons. The number of ether oxygens (including phenoxy) is 1. The van der Waals surface area contributed by atoms with E-state index >= 15 is 0 Å². The predicted octanol–water partition coefficient (Wildman–Crippen LogP) is 5.65. The van der Waals surface area contributed by atoms with E-state index in [4.69, 9.17) is 4.74 Å². The van der Waals surface area contributed by atoms with Crippen LogP contribution in [0.25, 0.3) is 0 Å². The van der Waals surface area contributed by atoms with Crippen molar-refractivity contribution in [2.24, 2.45) is 5.41 Å². The van der Waals surface area contributed by atoms with Crippen LogP contribution in [0.5, 0.6) is 0 Å². The molecule has 0 saturated carbocycles. The molecule has 1 aliphatic rings. The van der Waals surface area contributed by atoms with Crippen molar-refractivity contribution in [1.82, 2.24) is 4.90 Å². The molecule has 0 bridgehead atoms. The maximum absolute atomic E-state index is 5.92. The minimum Gasteiger partial charge on any atom is -0.375 e. The maximum Gasteiger partial charge on any atom is 0.0603 e. The summed E-state index contributed by atoms with van der Waals surface area (Å²) in [6, 6.07) is 0. The lowest BCUT2D eigenvalue weighted by Gasteiger charge is -2.32. The number of hydrogen-bond donors (Lipinski definition) is 0. The van der Waals surface area contributed by atoms with Gasteiger partial charge in [-0.25, -0.2) is 0 Å². The molecule has 1 fully saturated rings. The van der Waals surface area contributed by atoms with Crippen LogP contribution in [0.4, 0.5) is 0 Å². The first-order valence-corrected chi connectivity index (χ1v) is 9.74. The van der Waals surface area contributed by atoms with Crippen molar-refractivity contribution in [2.45, 2.75) is 105 Å². The van der Waals surface area contributed by atoms with E-state index in [2.05, 4.69) is 39.5 Å². The first-order valence-electron chi connectivity index (χ1n) is 9.74. The van der Waals surface area contributed by atoms with Crippen molar-refractivity contribution in [2.75, 3.05) is 19.6 Å². The highest BCUT2D eigenvalue weighted by atomic mass is 16.5. The Morgan fingerprint density at radius 2 is 1.45 bits per heavy atom. The first kappa shape index (κ1) is 20.0. The Labute approximate surface area is 140 Å². The van der Waals surface area contributed by atoms with Crippen LogP contribution in [0.2, 0.25) is 0 Å². The topological polar surface area (TPSA) is 12.5 Å². The van der Waals surface area contributed by atoms with Gasteiger partial charge < -0.3 is 9.64 Å². The summed E-state index contributed by atoms with van der Waals surface area (Å²) in [6.45, 7) is 15.1. The molecule has 0 amide bonds. The largest absolute Gasteiger partial charge is 0.375 e. The van der Waals surface area contributed by atoms with Crippen molar-refractivity contribution < 1.29 is 4.74 Å². The molecule has 0 aromatic heterocycles. The highest BCUT2D eigenvalue weighted by molar-refractivity contribution is 4.73. The van der Waals surface area contributed by atoms with Crippen molar-refractivity contribution >= 4 is 0 Å². The van der Waals surface area contributed by atoms with E-state index in [0.29, 0.717) is 17.6 Å². The predicted molar refractivity (Wildman–Crippen MR) is 97.5 cm³/mol. The second-order valence-electron chi connectivity index (χ2n) is 8.66. The van der Waals surface area contributed by atoms with Gasteiger partial charge in [-0.3, -0.25) is 0 Å². The highest BCUT2D eigenvalue weighted by Gasteiger charge is 2.19. The number of hydrogen-bond acceptors (Lipinski definition) is 2. The fourth-order valence-corrected chi connectivity index (χ4v) is 3.35. The molecule has 0 radical (unpaired) electrons. The van der Waals surface area contributed by atoms with Gasteiger partial charge in [0.05, 0.1) is 12.2 Å². The van der Waals surface area contributed by atoms with Crippen molar-refractivity contribution in [3.63, 3.8) is 0 Å². The quantitative estimate of drug-likeness (QED) is 0.483. The molecule has 1 saturated heterocycles. The molecule has 0 aromatic rings. The van der Waals surface area contributed by atoms with Gasteiger partial charge in [0.25, 0.3) is 0 Å². The monoisotopic (exact) mass is 311 g/mol. The molecule has 0 spiro atoms. The fraction of sp³-hybridized carbons (Fsp3) is 1.00. The van der Waals surface area contributed by atoms with Crippen LogP contribution in [-0.2, 0) is 4.74 Å². The summed E-state index contributed by atoms with van der Waals surface area (Å²) in [5.41, 5.74) is 0.519. The third-order valence-corrected chi connectivity index (χ3v) is 4.65. The maximum atomic E-state index is 5.92. The number of piperidine rings is 1. The zero-order valence-corrected chi connectivity index (χ0v) is 16.0. The number of rotatable bonds is 10. The Balaban J connectivity index is 1.90. The van der Waals surface area contributed by atoms with E-state index in [0.717, 1.165) is 0 Å². The van der Waals surface area contributed by atoms with Crippen molar-refractivity contribution in [3.05, 3.63) is 0 Å². The lowest BCUT2D eigenvalue weighted by atomic mass is 9.89. The van der Waals surface area contributed by atoms with E-state index in [9.17, 15) is 0 Å². The molecular weight excluding hydrogens is 270 g/mol. The highest BCUT2D eigenvalue weighted by Crippen LogP contribution is 2.22. The third kappa shape index (κ3) is 10.6. The molecule has 22 heavy (non-hydrogen) atoms. The van der Waals surface area contributed by atoms with Crippen LogP contribution in [-0.4, -0.2) is 36.7 Å². The normalized spacial score (nSPS) is 18.3. The molecular formula is C20H41NO. The summed E-state index contributed by atoms with van der Waals surface area (Å²) in [4.78, 5) is 2.64. The molecule has 2 nitrogen and oxygen atoms in total. The zero-order chi connectivity index (χ0) is 16.4. The molecule has 1 heterocycles. The summed E-state index contributed by atoms with van der Waals surface area (Å²) in [6.07, 6.45) is 13.2. The summed E-state index contributed by atoms with van der Waals surface area (Å²) in [5.74, 6) is 0. The van der Waals surface area contributed by atoms with Gasteiger partial charge in [-0.15, -0.1) is 0 Å². The van der Waals surface area contributed by atoms with Gasteiger partial charge >= 0.3 is 0 Å². The minimum atomic E-state index is 0.384. The van der Waals surface area contributed by atoms with Crippen molar-refractivity contribution in [3.8, 4) is 0 Å². The third-order valence-electron chi connectivity index (χ3n) is 4.65. The Morgan fingerprint density at radius 3 is 2.00 bits per heavy atom. The molecule has 0 atom stereocenters. The Hall–Kier alpha value is -0.0800. The number of likely N-dealkylation sites (tertiary alicyclic amines) is 1. The molecule has 0 aliphatic carbocycles. The minimum absolute atomic E-state index is 0.384. The second-order valence-corrected chi connectivity index (χ2v) is 8.66. The molecule has 0 N–H and O–H groups in total. The van der Waals surface area contributed by atoms with Crippen LogP contribution >= 0.6 is 0 Å². The van der Waals surface area contributed by atoms with Gasteiger partial charge in [-0.05, 0) is 51.5 Å². The van der Waals surface area contributed by atoms with E-state index in [1.165, 1.54) is 77.4 Å². The standard InChI is InChI=1S/C20H41NO/c1-18(2)22-19-12-16-21(17-13-19)15-11-9-7-6-8-10-14-20(3,4)5/h18-19H,6-17H2,1-5H3. The van der Waals surface area contributed by atoms with Crippen LogP contribution < -0.4 is 0 Å². The summed E-state index contributed by atoms with van der Waals surface area (Å²) >= 11 is 0. The van der Waals surface area contributed by atoms with Crippen molar-refractivity contribution in [1.29, 1.82) is 0 Å². The van der Waals surface area contributed by atoms with Crippen LogP contribution in [0.1, 0.15) is 92.4 Å². The van der Waals surface area contributed by atoms with E-state index < -0.39 is 0 Å². The molecule has 2 heteroatoms. The molecule has 1 aliphatic heterocycles. The van der Waals surface area contributed by atoms with E-state index in [1.807, 2.05) is 0 Å². The lowest BCUT2D eigenvalue weighted by Crippen LogP contribution is -2.38. The summed E-state index contributed by atoms with van der Waals surface area (Å²) < 4.78 is 5.92. The van der Waals surface area contributed by atoms with Crippen LogP contribution in [0, 0.1) is 5.41 Å². The molecule has 0 unspecified atom stereocenters. The fourth-order valence-electron chi connectivity index (χ4n) is 3.35. The van der Waals surface area contributed by atoms with Gasteiger partial charge in [0.1, 0.15) is 0 Å². The van der Waals surface area contributed by atoms with E-state index in [-0.39, 0.29) is 0 Å². The average Bonchev–Trinajstić information content (AvgIpc) is 2.42.